The fraction of sp³-hybridized carbons (Fsp3) is 0.257. The third kappa shape index (κ3) is 8.05. The van der Waals surface area contributed by atoms with Gasteiger partial charge in [0.25, 0.3) is 10.0 Å². The first kappa shape index (κ1) is 32.3. The molecule has 1 N–H and O–H groups in total. The number of ether oxygens (including phenoxy) is 1. The van der Waals surface area contributed by atoms with E-state index in [1.165, 1.54) is 24.1 Å². The molecule has 0 unspecified atom stereocenters. The van der Waals surface area contributed by atoms with Gasteiger partial charge in [-0.1, -0.05) is 97.4 Å². The minimum absolute atomic E-state index is 0.0328. The van der Waals surface area contributed by atoms with Gasteiger partial charge in [-0.05, 0) is 48.7 Å². The zero-order valence-corrected chi connectivity index (χ0v) is 26.2. The van der Waals surface area contributed by atoms with Gasteiger partial charge < -0.3 is 15.0 Å². The van der Waals surface area contributed by atoms with Crippen LogP contribution >= 0.6 is 0 Å². The predicted molar refractivity (Wildman–Crippen MR) is 173 cm³/mol. The molecule has 4 aromatic carbocycles. The van der Waals surface area contributed by atoms with Crippen LogP contribution in [0.15, 0.2) is 114 Å². The van der Waals surface area contributed by atoms with Gasteiger partial charge in [0.1, 0.15) is 18.3 Å². The van der Waals surface area contributed by atoms with Crippen LogP contribution in [0.1, 0.15) is 30.0 Å². The van der Waals surface area contributed by atoms with E-state index in [1.807, 2.05) is 68.4 Å². The van der Waals surface area contributed by atoms with Crippen LogP contribution in [0.3, 0.4) is 0 Å². The summed E-state index contributed by atoms with van der Waals surface area (Å²) in [7, 11) is -2.76. The third-order valence-electron chi connectivity index (χ3n) is 7.22. The second-order valence-electron chi connectivity index (χ2n) is 10.5. The zero-order chi connectivity index (χ0) is 31.5. The summed E-state index contributed by atoms with van der Waals surface area (Å²) < 4.78 is 34.8. The van der Waals surface area contributed by atoms with E-state index in [1.54, 1.807) is 42.5 Å². The van der Waals surface area contributed by atoms with Crippen LogP contribution in [0, 0.1) is 6.92 Å². The zero-order valence-electron chi connectivity index (χ0n) is 25.3. The van der Waals surface area contributed by atoms with Crippen LogP contribution in [0.25, 0.3) is 0 Å². The number of rotatable bonds is 14. The number of carbonyl (C=O) groups is 2. The molecule has 2 amide bonds. The van der Waals surface area contributed by atoms with Gasteiger partial charge in [-0.15, -0.1) is 0 Å². The Morgan fingerprint density at radius 1 is 0.841 bits per heavy atom. The first-order valence-electron chi connectivity index (χ1n) is 14.6. The maximum atomic E-state index is 14.5. The molecular formula is C35H39N3O5S. The maximum absolute atomic E-state index is 14.5. The van der Waals surface area contributed by atoms with E-state index in [2.05, 4.69) is 5.32 Å². The second-order valence-corrected chi connectivity index (χ2v) is 12.4. The number of nitrogens with zero attached hydrogens (tertiary/aromatic N) is 2. The van der Waals surface area contributed by atoms with Crippen molar-refractivity contribution in [2.75, 3.05) is 24.5 Å². The van der Waals surface area contributed by atoms with Crippen LogP contribution in [-0.4, -0.2) is 51.4 Å². The van der Waals surface area contributed by atoms with Gasteiger partial charge in [-0.3, -0.25) is 13.9 Å². The average molecular weight is 614 g/mol. The summed E-state index contributed by atoms with van der Waals surface area (Å²) in [5.41, 5.74) is 2.93. The first-order valence-corrected chi connectivity index (χ1v) is 16.1. The lowest BCUT2D eigenvalue weighted by atomic mass is 10.0. The molecule has 9 heteroatoms. The molecule has 4 aromatic rings. The Kier molecular flexibility index (Phi) is 11.2. The number of anilines is 1. The summed E-state index contributed by atoms with van der Waals surface area (Å²) in [5, 5.41) is 2.96. The number of benzene rings is 4. The van der Waals surface area contributed by atoms with Crippen molar-refractivity contribution in [3.63, 3.8) is 0 Å². The van der Waals surface area contributed by atoms with Crippen LogP contribution in [0.5, 0.6) is 5.75 Å². The van der Waals surface area contributed by atoms with E-state index in [-0.39, 0.29) is 29.5 Å². The summed E-state index contributed by atoms with van der Waals surface area (Å²) in [4.78, 5) is 29.8. The molecule has 0 saturated carbocycles. The van der Waals surface area contributed by atoms with Gasteiger partial charge in [-0.25, -0.2) is 8.42 Å². The normalized spacial score (nSPS) is 11.8. The Bertz CT molecular complexity index is 1650. The number of para-hydroxylation sites is 2. The highest BCUT2D eigenvalue weighted by Gasteiger charge is 2.35. The van der Waals surface area contributed by atoms with Crippen LogP contribution in [-0.2, 0) is 32.6 Å². The maximum Gasteiger partial charge on any atom is 0.264 e. The minimum Gasteiger partial charge on any atom is -0.495 e. The molecule has 4 rings (SSSR count). The highest BCUT2D eigenvalue weighted by molar-refractivity contribution is 7.92. The SMILES string of the molecule is CCCNC(=O)[C@@H](Cc1ccccc1)N(Cc1cccc(C)c1)C(=O)CN(c1ccccc1OC)S(=O)(=O)c1ccccc1. The molecule has 0 aromatic heterocycles. The van der Waals surface area contributed by atoms with Crippen molar-refractivity contribution in [3.05, 3.63) is 126 Å². The highest BCUT2D eigenvalue weighted by Crippen LogP contribution is 2.32. The third-order valence-corrected chi connectivity index (χ3v) is 8.99. The number of aryl methyl sites for hydroxylation is 1. The van der Waals surface area contributed by atoms with Crippen molar-refractivity contribution in [1.82, 2.24) is 10.2 Å². The molecular weight excluding hydrogens is 574 g/mol. The van der Waals surface area contributed by atoms with Gasteiger partial charge in [0.2, 0.25) is 11.8 Å². The van der Waals surface area contributed by atoms with Gasteiger partial charge in [-0.2, -0.15) is 0 Å². The van der Waals surface area contributed by atoms with Crippen molar-refractivity contribution < 1.29 is 22.7 Å². The predicted octanol–water partition coefficient (Wildman–Crippen LogP) is 5.37. The topological polar surface area (TPSA) is 96.0 Å². The quantitative estimate of drug-likeness (QED) is 0.207. The Labute approximate surface area is 260 Å². The van der Waals surface area contributed by atoms with E-state index in [0.717, 1.165) is 27.4 Å². The smallest absolute Gasteiger partial charge is 0.264 e. The van der Waals surface area contributed by atoms with E-state index in [0.29, 0.717) is 12.3 Å². The van der Waals surface area contributed by atoms with Gasteiger partial charge in [0.15, 0.2) is 0 Å². The Morgan fingerprint density at radius 3 is 2.14 bits per heavy atom. The van der Waals surface area contributed by atoms with Gasteiger partial charge in [0.05, 0.1) is 17.7 Å². The molecule has 0 aliphatic carbocycles. The first-order chi connectivity index (χ1) is 21.2. The highest BCUT2D eigenvalue weighted by atomic mass is 32.2. The monoisotopic (exact) mass is 613 g/mol. The molecule has 1 atom stereocenters. The van der Waals surface area contributed by atoms with E-state index >= 15 is 0 Å². The number of methoxy groups -OCH3 is 1. The van der Waals surface area contributed by atoms with E-state index < -0.39 is 28.5 Å². The largest absolute Gasteiger partial charge is 0.495 e. The molecule has 0 bridgehead atoms. The Hall–Kier alpha value is -4.63. The van der Waals surface area contributed by atoms with Crippen molar-refractivity contribution in [2.45, 2.75) is 44.2 Å². The summed E-state index contributed by atoms with van der Waals surface area (Å²) in [5.74, 6) is -0.525. The lowest BCUT2D eigenvalue weighted by molar-refractivity contribution is -0.140. The number of sulfonamides is 1. The Morgan fingerprint density at radius 2 is 1.48 bits per heavy atom. The van der Waals surface area contributed by atoms with E-state index in [4.69, 9.17) is 4.74 Å². The second kappa shape index (κ2) is 15.2. The molecule has 0 heterocycles. The van der Waals surface area contributed by atoms with E-state index in [9.17, 15) is 18.0 Å². The molecule has 230 valence electrons. The molecule has 0 aliphatic rings. The molecule has 0 saturated heterocycles. The number of amides is 2. The molecule has 0 aliphatic heterocycles. The summed E-state index contributed by atoms with van der Waals surface area (Å²) in [6.45, 7) is 3.94. The lowest BCUT2D eigenvalue weighted by Gasteiger charge is -2.34. The van der Waals surface area contributed by atoms with Crippen molar-refractivity contribution >= 4 is 27.5 Å². The van der Waals surface area contributed by atoms with Crippen molar-refractivity contribution in [2.24, 2.45) is 0 Å². The van der Waals surface area contributed by atoms with Crippen molar-refractivity contribution in [3.8, 4) is 5.75 Å². The molecule has 0 radical (unpaired) electrons. The Balaban J connectivity index is 1.82. The molecule has 44 heavy (non-hydrogen) atoms. The number of hydrogen-bond donors (Lipinski definition) is 1. The lowest BCUT2D eigenvalue weighted by Crippen LogP contribution is -2.53. The fourth-order valence-electron chi connectivity index (χ4n) is 5.00. The summed E-state index contributed by atoms with van der Waals surface area (Å²) >= 11 is 0. The van der Waals surface area contributed by atoms with Gasteiger partial charge >= 0.3 is 0 Å². The number of carbonyl (C=O) groups excluding carboxylic acids is 2. The molecule has 0 spiro atoms. The van der Waals surface area contributed by atoms with Crippen molar-refractivity contribution in [1.29, 1.82) is 0 Å². The fourth-order valence-corrected chi connectivity index (χ4v) is 6.44. The summed E-state index contributed by atoms with van der Waals surface area (Å²) in [6.07, 6.45) is 0.987. The summed E-state index contributed by atoms with van der Waals surface area (Å²) in [6, 6.07) is 31.0. The molecule has 0 fully saturated rings. The van der Waals surface area contributed by atoms with Crippen LogP contribution in [0.4, 0.5) is 5.69 Å². The van der Waals surface area contributed by atoms with Crippen LogP contribution in [0.2, 0.25) is 0 Å². The minimum atomic E-state index is -4.21. The molecule has 8 nitrogen and oxygen atoms in total. The standard InChI is InChI=1S/C35H39N3O5S/c1-4-22-36-35(40)32(24-28-15-7-5-8-16-28)37(25-29-17-13-14-27(2)23-29)34(39)26-38(31-20-11-12-21-33(31)43-3)44(41,42)30-18-9-6-10-19-30/h5-21,23,32H,4,22,24-26H2,1-3H3,(H,36,40)/t32-/m1/s1. The number of nitrogens with one attached hydrogen (secondary N) is 1. The van der Waals surface area contributed by atoms with Gasteiger partial charge in [0, 0.05) is 19.5 Å². The average Bonchev–Trinajstić information content (AvgIpc) is 3.04. The number of hydrogen-bond acceptors (Lipinski definition) is 5. The van der Waals surface area contributed by atoms with Crippen LogP contribution < -0.4 is 14.4 Å².